The smallest absolute Gasteiger partial charge is 0.422 e. The normalized spacial score (nSPS) is 11.2. The summed E-state index contributed by atoms with van der Waals surface area (Å²) in [5.41, 5.74) is 4.66. The van der Waals surface area contributed by atoms with Gasteiger partial charge in [-0.25, -0.2) is 0 Å². The van der Waals surface area contributed by atoms with Gasteiger partial charge < -0.3 is 10.5 Å². The van der Waals surface area contributed by atoms with E-state index >= 15 is 0 Å². The van der Waals surface area contributed by atoms with Crippen LogP contribution in [0.25, 0.3) is 0 Å². The molecule has 0 radical (unpaired) electrons. The molecule has 0 fully saturated rings. The van der Waals surface area contributed by atoms with E-state index in [1.54, 1.807) is 0 Å². The third-order valence-corrected chi connectivity index (χ3v) is 1.46. The number of rotatable bonds is 3. The van der Waals surface area contributed by atoms with Crippen LogP contribution in [0.15, 0.2) is 12.1 Å². The first-order valence-corrected chi connectivity index (χ1v) is 3.90. The molecule has 1 heterocycles. The summed E-state index contributed by atoms with van der Waals surface area (Å²) in [5.74, 6) is -0.912. The van der Waals surface area contributed by atoms with Gasteiger partial charge in [0.25, 0.3) is 0 Å². The molecule has 1 aromatic heterocycles. The zero-order valence-corrected chi connectivity index (χ0v) is 7.69. The molecule has 1 rings (SSSR count). The topological polar surface area (TPSA) is 91.3 Å². The average Bonchev–Trinajstić information content (AvgIpc) is 2.13. The third-order valence-electron chi connectivity index (χ3n) is 1.46. The van der Waals surface area contributed by atoms with Crippen molar-refractivity contribution in [2.24, 2.45) is 0 Å². The second-order valence-electron chi connectivity index (χ2n) is 2.71. The number of ether oxygens (including phenoxy) is 1. The van der Waals surface area contributed by atoms with Gasteiger partial charge in [0.05, 0.1) is 4.92 Å². The first kappa shape index (κ1) is 12.0. The first-order valence-electron chi connectivity index (χ1n) is 3.90. The van der Waals surface area contributed by atoms with E-state index in [4.69, 9.17) is 5.73 Å². The van der Waals surface area contributed by atoms with Gasteiger partial charge in [-0.1, -0.05) is 0 Å². The fraction of sp³-hybridized carbons (Fsp3) is 0.286. The summed E-state index contributed by atoms with van der Waals surface area (Å²) >= 11 is 0. The van der Waals surface area contributed by atoms with Gasteiger partial charge in [0.2, 0.25) is 11.7 Å². The summed E-state index contributed by atoms with van der Waals surface area (Å²) in [6, 6.07) is 1.87. The molecule has 0 bridgehead atoms. The number of hydrogen-bond acceptors (Lipinski definition) is 5. The van der Waals surface area contributed by atoms with Crippen molar-refractivity contribution in [2.75, 3.05) is 12.3 Å². The van der Waals surface area contributed by atoms with Gasteiger partial charge >= 0.3 is 11.9 Å². The zero-order chi connectivity index (χ0) is 12.3. The van der Waals surface area contributed by atoms with Crippen LogP contribution < -0.4 is 10.5 Å². The highest BCUT2D eigenvalue weighted by Gasteiger charge is 2.29. The van der Waals surface area contributed by atoms with Gasteiger partial charge in [-0.15, -0.1) is 0 Å². The van der Waals surface area contributed by atoms with E-state index < -0.39 is 35.1 Å². The molecule has 2 N–H and O–H groups in total. The highest BCUT2D eigenvalue weighted by atomic mass is 19.4. The van der Waals surface area contributed by atoms with E-state index in [0.717, 1.165) is 12.1 Å². The van der Waals surface area contributed by atoms with Crippen molar-refractivity contribution >= 4 is 11.5 Å². The van der Waals surface area contributed by atoms with Crippen molar-refractivity contribution in [2.45, 2.75) is 6.18 Å². The molecule has 0 unspecified atom stereocenters. The molecule has 0 aliphatic rings. The first-order chi connectivity index (χ1) is 7.29. The van der Waals surface area contributed by atoms with Crippen LogP contribution in [0.5, 0.6) is 5.88 Å². The SMILES string of the molecule is Nc1nc(OCC(F)(F)F)ccc1[N+](=O)[O-]. The summed E-state index contributed by atoms with van der Waals surface area (Å²) in [4.78, 5) is 12.8. The van der Waals surface area contributed by atoms with Crippen LogP contribution in [-0.2, 0) is 0 Å². The van der Waals surface area contributed by atoms with E-state index in [-0.39, 0.29) is 0 Å². The second-order valence-corrected chi connectivity index (χ2v) is 2.71. The molecular weight excluding hydrogens is 231 g/mol. The lowest BCUT2D eigenvalue weighted by Crippen LogP contribution is -2.19. The maximum atomic E-state index is 11.8. The monoisotopic (exact) mass is 237 g/mol. The Kier molecular flexibility index (Phi) is 3.16. The molecule has 0 aliphatic carbocycles. The lowest BCUT2D eigenvalue weighted by Gasteiger charge is -2.08. The van der Waals surface area contributed by atoms with Crippen molar-refractivity contribution in [3.63, 3.8) is 0 Å². The van der Waals surface area contributed by atoms with Gasteiger partial charge in [0, 0.05) is 12.1 Å². The summed E-state index contributed by atoms with van der Waals surface area (Å²) in [6.07, 6.45) is -4.50. The molecule has 0 aromatic carbocycles. The van der Waals surface area contributed by atoms with Crippen molar-refractivity contribution in [1.82, 2.24) is 4.98 Å². The molecule has 16 heavy (non-hydrogen) atoms. The van der Waals surface area contributed by atoms with Gasteiger partial charge in [-0.3, -0.25) is 10.1 Å². The number of nitro groups is 1. The van der Waals surface area contributed by atoms with Crippen LogP contribution in [-0.4, -0.2) is 22.7 Å². The number of hydrogen-bond donors (Lipinski definition) is 1. The maximum Gasteiger partial charge on any atom is 0.422 e. The van der Waals surface area contributed by atoms with Crippen LogP contribution in [0, 0.1) is 10.1 Å². The molecule has 0 saturated carbocycles. The minimum Gasteiger partial charge on any atom is -0.468 e. The van der Waals surface area contributed by atoms with Crippen LogP contribution in [0.2, 0.25) is 0 Å². The molecule has 6 nitrogen and oxygen atoms in total. The molecule has 0 atom stereocenters. The number of nitrogens with zero attached hydrogens (tertiary/aromatic N) is 2. The highest BCUT2D eigenvalue weighted by Crippen LogP contribution is 2.23. The summed E-state index contributed by atoms with van der Waals surface area (Å²) in [7, 11) is 0. The molecule has 88 valence electrons. The number of halogens is 3. The Bertz CT molecular complexity index is 408. The largest absolute Gasteiger partial charge is 0.468 e. The third kappa shape index (κ3) is 3.26. The minimum atomic E-state index is -4.50. The number of anilines is 1. The number of nitrogens with two attached hydrogens (primary N) is 1. The Balaban J connectivity index is 2.78. The van der Waals surface area contributed by atoms with Gasteiger partial charge in [-0.05, 0) is 0 Å². The molecule has 9 heteroatoms. The maximum absolute atomic E-state index is 11.8. The van der Waals surface area contributed by atoms with E-state index in [2.05, 4.69) is 9.72 Å². The van der Waals surface area contributed by atoms with Crippen LogP contribution in [0.1, 0.15) is 0 Å². The van der Waals surface area contributed by atoms with Gasteiger partial charge in [0.1, 0.15) is 0 Å². The average molecular weight is 237 g/mol. The highest BCUT2D eigenvalue weighted by molar-refractivity contribution is 5.53. The van der Waals surface area contributed by atoms with E-state index in [1.807, 2.05) is 0 Å². The minimum absolute atomic E-state index is 0.416. The predicted molar refractivity (Wildman–Crippen MR) is 46.9 cm³/mol. The predicted octanol–water partition coefficient (Wildman–Crippen LogP) is 1.51. The van der Waals surface area contributed by atoms with E-state index in [0.29, 0.717) is 0 Å². The molecule has 0 saturated heterocycles. The van der Waals surface area contributed by atoms with Gasteiger partial charge in [0.15, 0.2) is 6.61 Å². The Labute approximate surface area is 87.0 Å². The fourth-order valence-electron chi connectivity index (χ4n) is 0.839. The molecule has 0 spiro atoms. The lowest BCUT2D eigenvalue weighted by molar-refractivity contribution is -0.384. The number of nitrogen functional groups attached to an aromatic ring is 1. The summed E-state index contributed by atoms with van der Waals surface area (Å²) < 4.78 is 39.5. The Morgan fingerprint density at radius 3 is 2.56 bits per heavy atom. The van der Waals surface area contributed by atoms with Crippen LogP contribution in [0.4, 0.5) is 24.7 Å². The summed E-state index contributed by atoms with van der Waals surface area (Å²) in [5, 5.41) is 10.3. The van der Waals surface area contributed by atoms with Crippen molar-refractivity contribution in [1.29, 1.82) is 0 Å². The van der Waals surface area contributed by atoms with Crippen molar-refractivity contribution in [3.8, 4) is 5.88 Å². The Morgan fingerprint density at radius 2 is 2.12 bits per heavy atom. The number of pyridine rings is 1. The van der Waals surface area contributed by atoms with E-state index in [9.17, 15) is 23.3 Å². The molecule has 0 amide bonds. The van der Waals surface area contributed by atoms with E-state index in [1.165, 1.54) is 0 Å². The standard InChI is InChI=1S/C7H6F3N3O3/c8-7(9,10)3-16-5-2-1-4(13(14)15)6(11)12-5/h1-2H,3H2,(H2,11,12). The summed E-state index contributed by atoms with van der Waals surface area (Å²) in [6.45, 7) is -1.53. The Morgan fingerprint density at radius 1 is 1.50 bits per heavy atom. The Hall–Kier alpha value is -2.06. The lowest BCUT2D eigenvalue weighted by atomic mass is 10.4. The zero-order valence-electron chi connectivity index (χ0n) is 7.69. The van der Waals surface area contributed by atoms with Crippen molar-refractivity contribution in [3.05, 3.63) is 22.2 Å². The van der Waals surface area contributed by atoms with Crippen LogP contribution >= 0.6 is 0 Å². The van der Waals surface area contributed by atoms with Gasteiger partial charge in [-0.2, -0.15) is 18.2 Å². The number of aromatic nitrogens is 1. The molecule has 1 aromatic rings. The second kappa shape index (κ2) is 4.21. The van der Waals surface area contributed by atoms with Crippen LogP contribution in [0.3, 0.4) is 0 Å². The van der Waals surface area contributed by atoms with Crippen molar-refractivity contribution < 1.29 is 22.8 Å². The fourth-order valence-corrected chi connectivity index (χ4v) is 0.839. The quantitative estimate of drug-likeness (QED) is 0.635. The molecule has 0 aliphatic heterocycles. The number of alkyl halides is 3. The molecular formula is C7H6F3N3O3.